The van der Waals surface area contributed by atoms with Gasteiger partial charge in [-0.25, -0.2) is 0 Å². The van der Waals surface area contributed by atoms with E-state index >= 15 is 0 Å². The van der Waals surface area contributed by atoms with Gasteiger partial charge in [0.2, 0.25) is 0 Å². The van der Waals surface area contributed by atoms with Gasteiger partial charge in [0.05, 0.1) is 26.5 Å². The fourth-order valence-corrected chi connectivity index (χ4v) is 3.14. The van der Waals surface area contributed by atoms with E-state index in [1.807, 2.05) is 0 Å². The lowest BCUT2D eigenvalue weighted by Gasteiger charge is -2.32. The molecule has 1 aromatic carbocycles. The minimum atomic E-state index is -4.13. The third kappa shape index (κ3) is 7.16. The van der Waals surface area contributed by atoms with Crippen molar-refractivity contribution in [3.8, 4) is 11.5 Å². The van der Waals surface area contributed by atoms with Crippen molar-refractivity contribution in [1.82, 2.24) is 4.90 Å². The molecule has 152 valence electrons. The van der Waals surface area contributed by atoms with E-state index in [-0.39, 0.29) is 5.96 Å². The maximum Gasteiger partial charge on any atom is 0.401 e. The Morgan fingerprint density at radius 2 is 1.96 bits per heavy atom. The first-order chi connectivity index (χ1) is 12.8. The van der Waals surface area contributed by atoms with Crippen LogP contribution in [0.3, 0.4) is 0 Å². The lowest BCUT2D eigenvalue weighted by atomic mass is 9.93. The second-order valence-corrected chi connectivity index (χ2v) is 6.58. The van der Waals surface area contributed by atoms with Gasteiger partial charge in [-0.2, -0.15) is 13.2 Å². The van der Waals surface area contributed by atoms with Gasteiger partial charge in [-0.1, -0.05) is 0 Å². The van der Waals surface area contributed by atoms with Gasteiger partial charge in [0, 0.05) is 12.6 Å². The molecule has 6 nitrogen and oxygen atoms in total. The third-order valence-corrected chi connectivity index (χ3v) is 4.60. The molecule has 2 rings (SSSR count). The molecule has 1 aromatic rings. The molecule has 3 N–H and O–H groups in total. The summed E-state index contributed by atoms with van der Waals surface area (Å²) in [6.07, 6.45) is -1.82. The van der Waals surface area contributed by atoms with Crippen LogP contribution in [0.5, 0.6) is 11.5 Å². The second-order valence-electron chi connectivity index (χ2n) is 6.58. The number of alkyl halides is 3. The molecule has 1 aliphatic heterocycles. The largest absolute Gasteiger partial charge is 0.497 e. The van der Waals surface area contributed by atoms with Gasteiger partial charge in [-0.05, 0) is 50.4 Å². The molecule has 1 saturated heterocycles. The molecule has 0 amide bonds. The zero-order valence-electron chi connectivity index (χ0n) is 15.7. The third-order valence-electron chi connectivity index (χ3n) is 4.60. The van der Waals surface area contributed by atoms with Gasteiger partial charge >= 0.3 is 6.18 Å². The highest BCUT2D eigenvalue weighted by molar-refractivity contribution is 5.94. The Morgan fingerprint density at radius 1 is 1.26 bits per heavy atom. The Kier molecular flexibility index (Phi) is 7.58. The molecule has 27 heavy (non-hydrogen) atoms. The summed E-state index contributed by atoms with van der Waals surface area (Å²) in [6, 6.07) is 5.31. The van der Waals surface area contributed by atoms with Gasteiger partial charge in [0.1, 0.15) is 11.5 Å². The van der Waals surface area contributed by atoms with E-state index in [1.165, 1.54) is 4.90 Å². The zero-order chi connectivity index (χ0) is 19.9. The van der Waals surface area contributed by atoms with Crippen LogP contribution < -0.4 is 20.5 Å². The SMILES string of the molecule is COc1ccc(OC)c(NC(N)=NCCC2CCN(CC(F)(F)F)CC2)c1. The van der Waals surface area contributed by atoms with Gasteiger partial charge in [-0.3, -0.25) is 9.89 Å². The van der Waals surface area contributed by atoms with E-state index in [9.17, 15) is 13.2 Å². The van der Waals surface area contributed by atoms with Crippen molar-refractivity contribution >= 4 is 11.6 Å². The Bertz CT molecular complexity index is 630. The van der Waals surface area contributed by atoms with E-state index in [0.717, 1.165) is 19.3 Å². The van der Waals surface area contributed by atoms with Crippen LogP contribution in [0.15, 0.2) is 23.2 Å². The number of anilines is 1. The number of nitrogens with zero attached hydrogens (tertiary/aromatic N) is 2. The minimum Gasteiger partial charge on any atom is -0.497 e. The molecule has 0 spiro atoms. The van der Waals surface area contributed by atoms with Crippen LogP contribution in [0.2, 0.25) is 0 Å². The zero-order valence-corrected chi connectivity index (χ0v) is 15.7. The highest BCUT2D eigenvalue weighted by atomic mass is 19.4. The molecule has 0 aliphatic carbocycles. The molecular formula is C18H27F3N4O2. The Hall–Kier alpha value is -2.16. The Labute approximate surface area is 157 Å². The molecule has 1 fully saturated rings. The number of likely N-dealkylation sites (tertiary alicyclic amines) is 1. The van der Waals surface area contributed by atoms with E-state index in [0.29, 0.717) is 42.7 Å². The number of nitrogens with two attached hydrogens (primary N) is 1. The molecule has 1 aliphatic rings. The Balaban J connectivity index is 1.78. The summed E-state index contributed by atoms with van der Waals surface area (Å²) in [5.74, 6) is 1.91. The number of halogens is 3. The van der Waals surface area contributed by atoms with E-state index in [1.54, 1.807) is 32.4 Å². The number of piperidine rings is 1. The number of ether oxygens (including phenoxy) is 2. The van der Waals surface area contributed by atoms with Crippen molar-refractivity contribution < 1.29 is 22.6 Å². The van der Waals surface area contributed by atoms with Crippen molar-refractivity contribution in [3.63, 3.8) is 0 Å². The number of guanidine groups is 1. The summed E-state index contributed by atoms with van der Waals surface area (Å²) in [4.78, 5) is 5.78. The first-order valence-corrected chi connectivity index (χ1v) is 8.89. The molecule has 0 radical (unpaired) electrons. The standard InChI is InChI=1S/C18H27F3N4O2/c1-26-14-3-4-16(27-2)15(11-14)24-17(22)23-8-5-13-6-9-25(10-7-13)12-18(19,20)21/h3-4,11,13H,5-10,12H2,1-2H3,(H3,22,23,24). The molecule has 0 unspecified atom stereocenters. The van der Waals surface area contributed by atoms with Crippen LogP contribution in [0.25, 0.3) is 0 Å². The van der Waals surface area contributed by atoms with Crippen LogP contribution in [0.1, 0.15) is 19.3 Å². The predicted molar refractivity (Wildman–Crippen MR) is 99.5 cm³/mol. The number of nitrogens with one attached hydrogen (secondary N) is 1. The van der Waals surface area contributed by atoms with Crippen LogP contribution in [-0.2, 0) is 0 Å². The van der Waals surface area contributed by atoms with Gasteiger partial charge in [0.25, 0.3) is 0 Å². The summed E-state index contributed by atoms with van der Waals surface area (Å²) < 4.78 is 47.7. The number of hydrogen-bond donors (Lipinski definition) is 2. The highest BCUT2D eigenvalue weighted by Crippen LogP contribution is 2.29. The molecule has 0 saturated carbocycles. The molecule has 9 heteroatoms. The first kappa shape index (κ1) is 21.1. The maximum atomic E-state index is 12.4. The van der Waals surface area contributed by atoms with Crippen LogP contribution in [-0.4, -0.2) is 57.4 Å². The smallest absolute Gasteiger partial charge is 0.401 e. The van der Waals surface area contributed by atoms with Crippen LogP contribution in [0.4, 0.5) is 18.9 Å². The average Bonchev–Trinajstić information content (AvgIpc) is 2.62. The fourth-order valence-electron chi connectivity index (χ4n) is 3.14. The average molecular weight is 388 g/mol. The quantitative estimate of drug-likeness (QED) is 0.555. The summed E-state index contributed by atoms with van der Waals surface area (Å²) in [5, 5.41) is 3.00. The predicted octanol–water partition coefficient (Wildman–Crippen LogP) is 3.09. The van der Waals surface area contributed by atoms with Crippen molar-refractivity contribution in [1.29, 1.82) is 0 Å². The van der Waals surface area contributed by atoms with Crippen molar-refractivity contribution in [2.75, 3.05) is 45.7 Å². The van der Waals surface area contributed by atoms with Gasteiger partial charge < -0.3 is 20.5 Å². The molecule has 0 aromatic heterocycles. The minimum absolute atomic E-state index is 0.260. The van der Waals surface area contributed by atoms with Crippen LogP contribution in [0, 0.1) is 5.92 Å². The fraction of sp³-hybridized carbons (Fsp3) is 0.611. The molecular weight excluding hydrogens is 361 g/mol. The van der Waals surface area contributed by atoms with Gasteiger partial charge in [-0.15, -0.1) is 0 Å². The normalized spacial score (nSPS) is 17.0. The second kappa shape index (κ2) is 9.68. The molecule has 0 atom stereocenters. The van der Waals surface area contributed by atoms with E-state index < -0.39 is 12.7 Å². The maximum absolute atomic E-state index is 12.4. The number of rotatable bonds is 7. The Morgan fingerprint density at radius 3 is 2.56 bits per heavy atom. The lowest BCUT2D eigenvalue weighted by molar-refractivity contribution is -0.148. The molecule has 0 bridgehead atoms. The topological polar surface area (TPSA) is 72.1 Å². The van der Waals surface area contributed by atoms with Crippen LogP contribution >= 0.6 is 0 Å². The lowest BCUT2D eigenvalue weighted by Crippen LogP contribution is -2.40. The number of benzene rings is 1. The first-order valence-electron chi connectivity index (χ1n) is 8.89. The highest BCUT2D eigenvalue weighted by Gasteiger charge is 2.32. The summed E-state index contributed by atoms with van der Waals surface area (Å²) in [7, 11) is 3.13. The summed E-state index contributed by atoms with van der Waals surface area (Å²) in [5.41, 5.74) is 6.59. The monoisotopic (exact) mass is 388 g/mol. The van der Waals surface area contributed by atoms with Gasteiger partial charge in [0.15, 0.2) is 5.96 Å². The molecule has 1 heterocycles. The summed E-state index contributed by atoms with van der Waals surface area (Å²) in [6.45, 7) is 0.650. The van der Waals surface area contributed by atoms with Crippen molar-refractivity contribution in [2.45, 2.75) is 25.4 Å². The number of aliphatic imine (C=N–C) groups is 1. The summed E-state index contributed by atoms with van der Waals surface area (Å²) >= 11 is 0. The number of hydrogen-bond acceptors (Lipinski definition) is 4. The van der Waals surface area contributed by atoms with Crippen molar-refractivity contribution in [3.05, 3.63) is 18.2 Å². The van der Waals surface area contributed by atoms with E-state index in [2.05, 4.69) is 10.3 Å². The van der Waals surface area contributed by atoms with E-state index in [4.69, 9.17) is 15.2 Å². The number of methoxy groups -OCH3 is 2. The van der Waals surface area contributed by atoms with Crippen molar-refractivity contribution in [2.24, 2.45) is 16.6 Å².